The summed E-state index contributed by atoms with van der Waals surface area (Å²) in [6.45, 7) is 2.45. The molecule has 3 aromatic carbocycles. The summed E-state index contributed by atoms with van der Waals surface area (Å²) in [7, 11) is 0. The zero-order chi connectivity index (χ0) is 20.4. The highest BCUT2D eigenvalue weighted by atomic mass is 16.5. The van der Waals surface area contributed by atoms with Crippen LogP contribution in [0.3, 0.4) is 0 Å². The van der Waals surface area contributed by atoms with E-state index in [4.69, 9.17) is 15.2 Å². The molecule has 0 aliphatic carbocycles. The molecule has 1 aliphatic rings. The van der Waals surface area contributed by atoms with Gasteiger partial charge < -0.3 is 20.3 Å². The number of nitrogens with zero attached hydrogens (tertiary/aromatic N) is 1. The van der Waals surface area contributed by atoms with Crippen molar-refractivity contribution in [2.45, 2.75) is 19.4 Å². The molecular weight excluding hydrogens is 364 g/mol. The molecule has 0 amide bonds. The van der Waals surface area contributed by atoms with Crippen LogP contribution in [-0.2, 0) is 6.61 Å². The van der Waals surface area contributed by atoms with Crippen molar-refractivity contribution < 1.29 is 14.6 Å². The number of nitrogens with two attached hydrogens (primary N) is 1. The number of allylic oxidation sites excluding steroid dienone is 1. The van der Waals surface area contributed by atoms with Crippen LogP contribution in [0.4, 0.5) is 0 Å². The molecule has 1 aliphatic heterocycles. The average Bonchev–Trinajstić information content (AvgIpc) is 2.71. The number of benzene rings is 3. The number of phenols is 1. The Morgan fingerprint density at radius 2 is 1.90 bits per heavy atom. The maximum absolute atomic E-state index is 9.82. The first-order chi connectivity index (χ1) is 14.1. The predicted octanol–water partition coefficient (Wildman–Crippen LogP) is 4.50. The highest BCUT2D eigenvalue weighted by Gasteiger charge is 2.32. The molecule has 0 bridgehead atoms. The summed E-state index contributed by atoms with van der Waals surface area (Å²) in [5.74, 6) is 0.752. The van der Waals surface area contributed by atoms with E-state index in [0.29, 0.717) is 23.7 Å². The van der Waals surface area contributed by atoms with Gasteiger partial charge in [0.2, 0.25) is 5.88 Å². The van der Waals surface area contributed by atoms with E-state index < -0.39 is 5.92 Å². The molecule has 5 heteroatoms. The Morgan fingerprint density at radius 3 is 2.69 bits per heavy atom. The van der Waals surface area contributed by atoms with Crippen molar-refractivity contribution in [3.05, 3.63) is 100 Å². The first kappa shape index (κ1) is 18.5. The van der Waals surface area contributed by atoms with E-state index >= 15 is 0 Å². The highest BCUT2D eigenvalue weighted by molar-refractivity contribution is 5.59. The van der Waals surface area contributed by atoms with Crippen molar-refractivity contribution in [2.75, 3.05) is 0 Å². The van der Waals surface area contributed by atoms with Crippen LogP contribution in [0.1, 0.15) is 28.2 Å². The maximum Gasteiger partial charge on any atom is 0.205 e. The molecule has 144 valence electrons. The number of para-hydroxylation sites is 1. The smallest absolute Gasteiger partial charge is 0.205 e. The van der Waals surface area contributed by atoms with Gasteiger partial charge in [0.25, 0.3) is 0 Å². The van der Waals surface area contributed by atoms with Gasteiger partial charge in [0.15, 0.2) is 0 Å². The number of nitriles is 1. The van der Waals surface area contributed by atoms with E-state index in [0.717, 1.165) is 16.7 Å². The summed E-state index contributed by atoms with van der Waals surface area (Å²) in [6.07, 6.45) is 0. The Morgan fingerprint density at radius 1 is 1.07 bits per heavy atom. The van der Waals surface area contributed by atoms with Gasteiger partial charge in [-0.1, -0.05) is 54.1 Å². The third kappa shape index (κ3) is 3.61. The lowest BCUT2D eigenvalue weighted by Gasteiger charge is -2.27. The van der Waals surface area contributed by atoms with Crippen LogP contribution in [-0.4, -0.2) is 5.11 Å². The van der Waals surface area contributed by atoms with E-state index in [1.54, 1.807) is 12.1 Å². The molecule has 1 heterocycles. The summed E-state index contributed by atoms with van der Waals surface area (Å²) in [5.41, 5.74) is 10.1. The summed E-state index contributed by atoms with van der Waals surface area (Å²) >= 11 is 0. The second-order valence-electron chi connectivity index (χ2n) is 6.96. The first-order valence-electron chi connectivity index (χ1n) is 9.24. The van der Waals surface area contributed by atoms with Crippen molar-refractivity contribution in [1.29, 1.82) is 5.26 Å². The van der Waals surface area contributed by atoms with Crippen LogP contribution >= 0.6 is 0 Å². The summed E-state index contributed by atoms with van der Waals surface area (Å²) in [4.78, 5) is 0. The third-order valence-corrected chi connectivity index (χ3v) is 4.91. The van der Waals surface area contributed by atoms with Gasteiger partial charge in [0, 0.05) is 17.2 Å². The molecule has 0 saturated heterocycles. The van der Waals surface area contributed by atoms with Gasteiger partial charge >= 0.3 is 0 Å². The zero-order valence-corrected chi connectivity index (χ0v) is 15.9. The van der Waals surface area contributed by atoms with Crippen molar-refractivity contribution in [2.24, 2.45) is 5.73 Å². The number of hydrogen-bond donors (Lipinski definition) is 2. The number of fused-ring (bicyclic) bond motifs is 1. The van der Waals surface area contributed by atoms with Crippen LogP contribution < -0.4 is 15.2 Å². The Labute approximate surface area is 169 Å². The number of aryl methyl sites for hydroxylation is 1. The Kier molecular flexibility index (Phi) is 4.84. The van der Waals surface area contributed by atoms with Gasteiger partial charge in [-0.2, -0.15) is 5.26 Å². The fourth-order valence-electron chi connectivity index (χ4n) is 3.58. The van der Waals surface area contributed by atoms with Crippen LogP contribution in [0.5, 0.6) is 17.2 Å². The normalized spacial score (nSPS) is 15.2. The van der Waals surface area contributed by atoms with Crippen molar-refractivity contribution in [1.82, 2.24) is 0 Å². The molecule has 1 atom stereocenters. The zero-order valence-electron chi connectivity index (χ0n) is 15.9. The second kappa shape index (κ2) is 7.61. The minimum absolute atomic E-state index is 0.0316. The van der Waals surface area contributed by atoms with E-state index in [9.17, 15) is 10.4 Å². The summed E-state index contributed by atoms with van der Waals surface area (Å²) < 4.78 is 11.7. The summed E-state index contributed by atoms with van der Waals surface area (Å²) in [5, 5.41) is 19.6. The quantitative estimate of drug-likeness (QED) is 0.691. The number of rotatable bonds is 4. The molecule has 0 spiro atoms. The molecular formula is C24H20N2O3. The second-order valence-corrected chi connectivity index (χ2v) is 6.96. The minimum Gasteiger partial charge on any atom is -0.508 e. The molecule has 29 heavy (non-hydrogen) atoms. The Balaban J connectivity index is 1.75. The number of phenolic OH excluding ortho intramolecular Hbond substituents is 1. The monoisotopic (exact) mass is 384 g/mol. The Bertz CT molecular complexity index is 1140. The predicted molar refractivity (Wildman–Crippen MR) is 109 cm³/mol. The molecule has 5 nitrogen and oxygen atoms in total. The van der Waals surface area contributed by atoms with Gasteiger partial charge in [0.1, 0.15) is 35.5 Å². The molecule has 3 aromatic rings. The Hall–Kier alpha value is -3.91. The minimum atomic E-state index is -0.446. The first-order valence-corrected chi connectivity index (χ1v) is 9.24. The lowest BCUT2D eigenvalue weighted by molar-refractivity contribution is 0.301. The lowest BCUT2D eigenvalue weighted by atomic mass is 9.83. The van der Waals surface area contributed by atoms with Crippen LogP contribution in [0.2, 0.25) is 0 Å². The average molecular weight is 384 g/mol. The van der Waals surface area contributed by atoms with Gasteiger partial charge in [0.05, 0.1) is 5.92 Å². The van der Waals surface area contributed by atoms with Gasteiger partial charge in [-0.15, -0.1) is 0 Å². The fourth-order valence-corrected chi connectivity index (χ4v) is 3.58. The molecule has 4 rings (SSSR count). The van der Waals surface area contributed by atoms with E-state index in [1.807, 2.05) is 49.4 Å². The van der Waals surface area contributed by atoms with Crippen molar-refractivity contribution in [3.8, 4) is 23.3 Å². The van der Waals surface area contributed by atoms with Crippen molar-refractivity contribution >= 4 is 0 Å². The standard InChI is InChI=1S/C24H20N2O3/c1-15-5-4-6-16(11-15)14-28-21-8-3-2-7-18(21)23-19-10-9-17(27)12-22(19)29-24(26)20(23)13-25/h2-12,23,27H,14,26H2,1H3/t23-/m1/s1. The van der Waals surface area contributed by atoms with Gasteiger partial charge in [-0.25, -0.2) is 0 Å². The van der Waals surface area contributed by atoms with Gasteiger partial charge in [-0.05, 0) is 24.6 Å². The largest absolute Gasteiger partial charge is 0.508 e. The highest BCUT2D eigenvalue weighted by Crippen LogP contribution is 2.45. The molecule has 0 unspecified atom stereocenters. The molecule has 3 N–H and O–H groups in total. The molecule has 0 aromatic heterocycles. The molecule has 0 radical (unpaired) electrons. The fraction of sp³-hybridized carbons (Fsp3) is 0.125. The summed E-state index contributed by atoms with van der Waals surface area (Å²) in [6, 6.07) is 22.7. The van der Waals surface area contributed by atoms with Crippen molar-refractivity contribution in [3.63, 3.8) is 0 Å². The molecule has 0 fully saturated rings. The number of aromatic hydroxyl groups is 1. The van der Waals surface area contributed by atoms with Gasteiger partial charge in [-0.3, -0.25) is 0 Å². The van der Waals surface area contributed by atoms with E-state index in [1.165, 1.54) is 11.6 Å². The SMILES string of the molecule is Cc1cccc(COc2ccccc2[C@H]2C(C#N)=C(N)Oc3cc(O)ccc32)c1. The van der Waals surface area contributed by atoms with Crippen LogP contribution in [0, 0.1) is 18.3 Å². The van der Waals surface area contributed by atoms with Crippen LogP contribution in [0.15, 0.2) is 78.2 Å². The third-order valence-electron chi connectivity index (χ3n) is 4.91. The maximum atomic E-state index is 9.82. The van der Waals surface area contributed by atoms with E-state index in [2.05, 4.69) is 12.1 Å². The molecule has 0 saturated carbocycles. The van der Waals surface area contributed by atoms with E-state index in [-0.39, 0.29) is 11.6 Å². The topological polar surface area (TPSA) is 88.5 Å². The number of ether oxygens (including phenoxy) is 2. The lowest BCUT2D eigenvalue weighted by Crippen LogP contribution is -2.21. The van der Waals surface area contributed by atoms with Crippen LogP contribution in [0.25, 0.3) is 0 Å². The number of hydrogen-bond acceptors (Lipinski definition) is 5.